The molecule has 0 bridgehead atoms. The number of benzene rings is 2. The molecule has 2 N–H and O–H groups in total. The fourth-order valence-electron chi connectivity index (χ4n) is 1.74. The van der Waals surface area contributed by atoms with Gasteiger partial charge in [0.1, 0.15) is 5.75 Å². The zero-order valence-electron chi connectivity index (χ0n) is 11.3. The number of hydrogen-bond acceptors (Lipinski definition) is 3. The topological polar surface area (TPSA) is 52.3 Å². The Morgan fingerprint density at radius 1 is 1.15 bits per heavy atom. The summed E-state index contributed by atoms with van der Waals surface area (Å²) in [6.45, 7) is 2.60. The lowest BCUT2D eigenvalue weighted by molar-refractivity contribution is 0.0996. The van der Waals surface area contributed by atoms with E-state index in [1.165, 1.54) is 10.5 Å². The van der Waals surface area contributed by atoms with Crippen LogP contribution >= 0.6 is 11.8 Å². The molecule has 0 aliphatic rings. The molecule has 0 saturated heterocycles. The maximum atomic E-state index is 11.2. The molecule has 0 unspecified atom stereocenters. The van der Waals surface area contributed by atoms with Crippen molar-refractivity contribution in [1.29, 1.82) is 0 Å². The summed E-state index contributed by atoms with van der Waals surface area (Å²) in [5, 5.41) is 0. The fraction of sp³-hybridized carbons (Fsp3) is 0.188. The molecular weight excluding hydrogens is 270 g/mol. The second-order valence-electron chi connectivity index (χ2n) is 4.37. The molecule has 0 fully saturated rings. The quantitative estimate of drug-likeness (QED) is 0.655. The van der Waals surface area contributed by atoms with Crippen molar-refractivity contribution < 1.29 is 9.53 Å². The van der Waals surface area contributed by atoms with E-state index < -0.39 is 5.91 Å². The molecule has 0 aliphatic carbocycles. The first-order chi connectivity index (χ1) is 9.66. The summed E-state index contributed by atoms with van der Waals surface area (Å²) in [7, 11) is 0. The summed E-state index contributed by atoms with van der Waals surface area (Å²) in [6, 6.07) is 15.4. The number of rotatable bonds is 6. The van der Waals surface area contributed by atoms with E-state index in [4.69, 9.17) is 10.5 Å². The van der Waals surface area contributed by atoms with Crippen LogP contribution in [0.15, 0.2) is 53.4 Å². The summed E-state index contributed by atoms with van der Waals surface area (Å²) in [5.41, 5.74) is 6.97. The van der Waals surface area contributed by atoms with Crippen LogP contribution in [-0.4, -0.2) is 18.3 Å². The lowest BCUT2D eigenvalue weighted by atomic mass is 10.2. The van der Waals surface area contributed by atoms with E-state index >= 15 is 0 Å². The molecule has 0 radical (unpaired) electrons. The van der Waals surface area contributed by atoms with E-state index in [2.05, 4.69) is 31.2 Å². The lowest BCUT2D eigenvalue weighted by Gasteiger charge is -2.09. The number of para-hydroxylation sites is 1. The highest BCUT2D eigenvalue weighted by Gasteiger charge is 2.07. The molecule has 0 aromatic heterocycles. The summed E-state index contributed by atoms with van der Waals surface area (Å²) < 4.78 is 5.62. The number of thioether (sulfide) groups is 1. The van der Waals surface area contributed by atoms with Crippen LogP contribution in [0.1, 0.15) is 15.9 Å². The van der Waals surface area contributed by atoms with Gasteiger partial charge in [-0.25, -0.2) is 0 Å². The Bertz CT molecular complexity index is 581. The van der Waals surface area contributed by atoms with E-state index in [1.807, 2.05) is 6.07 Å². The van der Waals surface area contributed by atoms with Gasteiger partial charge in [-0.15, -0.1) is 11.8 Å². The molecule has 0 heterocycles. The molecule has 4 heteroatoms. The van der Waals surface area contributed by atoms with Crippen LogP contribution in [0.5, 0.6) is 5.75 Å². The van der Waals surface area contributed by atoms with Gasteiger partial charge < -0.3 is 10.5 Å². The van der Waals surface area contributed by atoms with Crippen molar-refractivity contribution in [3.8, 4) is 5.75 Å². The summed E-state index contributed by atoms with van der Waals surface area (Å²) in [5.74, 6) is 0.896. The first kappa shape index (κ1) is 14.5. The Morgan fingerprint density at radius 3 is 2.55 bits per heavy atom. The van der Waals surface area contributed by atoms with Crippen LogP contribution in [0.25, 0.3) is 0 Å². The third-order valence-electron chi connectivity index (χ3n) is 2.78. The highest BCUT2D eigenvalue weighted by Crippen LogP contribution is 2.20. The molecular formula is C16H17NO2S. The Balaban J connectivity index is 1.84. The lowest BCUT2D eigenvalue weighted by Crippen LogP contribution is -2.13. The minimum atomic E-state index is -0.466. The van der Waals surface area contributed by atoms with Gasteiger partial charge in [0.25, 0.3) is 5.91 Å². The minimum Gasteiger partial charge on any atom is -0.492 e. The summed E-state index contributed by atoms with van der Waals surface area (Å²) in [4.78, 5) is 12.5. The van der Waals surface area contributed by atoms with Gasteiger partial charge >= 0.3 is 0 Å². The molecule has 2 aromatic rings. The number of carbonyl (C=O) groups excluding carboxylic acids is 1. The average Bonchev–Trinajstić information content (AvgIpc) is 2.46. The van der Waals surface area contributed by atoms with E-state index in [-0.39, 0.29) is 0 Å². The highest BCUT2D eigenvalue weighted by atomic mass is 32.2. The van der Waals surface area contributed by atoms with Crippen LogP contribution in [-0.2, 0) is 0 Å². The molecule has 0 spiro atoms. The monoisotopic (exact) mass is 287 g/mol. The molecule has 0 atom stereocenters. The standard InChI is InChI=1S/C16H17NO2S/c1-12-6-8-13(9-7-12)20-11-10-19-15-5-3-2-4-14(15)16(17)18/h2-9H,10-11H2,1H3,(H2,17,18). The molecule has 1 amide bonds. The average molecular weight is 287 g/mol. The van der Waals surface area contributed by atoms with E-state index in [0.717, 1.165) is 5.75 Å². The number of ether oxygens (including phenoxy) is 1. The zero-order chi connectivity index (χ0) is 14.4. The Labute approximate surface area is 123 Å². The predicted molar refractivity (Wildman–Crippen MR) is 82.4 cm³/mol. The van der Waals surface area contributed by atoms with Crippen LogP contribution in [0, 0.1) is 6.92 Å². The number of amides is 1. The Morgan fingerprint density at radius 2 is 1.85 bits per heavy atom. The minimum absolute atomic E-state index is 0.424. The fourth-order valence-corrected chi connectivity index (χ4v) is 2.47. The largest absolute Gasteiger partial charge is 0.492 e. The van der Waals surface area contributed by atoms with Crippen molar-refractivity contribution in [3.63, 3.8) is 0 Å². The normalized spacial score (nSPS) is 10.2. The SMILES string of the molecule is Cc1ccc(SCCOc2ccccc2C(N)=O)cc1. The first-order valence-corrected chi connectivity index (χ1v) is 7.36. The van der Waals surface area contributed by atoms with Crippen molar-refractivity contribution >= 4 is 17.7 Å². The zero-order valence-corrected chi connectivity index (χ0v) is 12.2. The maximum absolute atomic E-state index is 11.2. The Kier molecular flexibility index (Phi) is 5.07. The second kappa shape index (κ2) is 7.01. The van der Waals surface area contributed by atoms with E-state index in [0.29, 0.717) is 17.9 Å². The first-order valence-electron chi connectivity index (χ1n) is 6.38. The van der Waals surface area contributed by atoms with Crippen molar-refractivity contribution in [3.05, 3.63) is 59.7 Å². The van der Waals surface area contributed by atoms with Gasteiger partial charge in [0.15, 0.2) is 0 Å². The van der Waals surface area contributed by atoms with Gasteiger partial charge in [-0.2, -0.15) is 0 Å². The maximum Gasteiger partial charge on any atom is 0.252 e. The predicted octanol–water partition coefficient (Wildman–Crippen LogP) is 3.27. The molecule has 104 valence electrons. The van der Waals surface area contributed by atoms with Gasteiger partial charge in [0, 0.05) is 10.6 Å². The number of carbonyl (C=O) groups is 1. The molecule has 0 aliphatic heterocycles. The van der Waals surface area contributed by atoms with Crippen LogP contribution in [0.4, 0.5) is 0 Å². The van der Waals surface area contributed by atoms with E-state index in [1.54, 1.807) is 30.0 Å². The Hall–Kier alpha value is -1.94. The molecule has 20 heavy (non-hydrogen) atoms. The van der Waals surface area contributed by atoms with Crippen molar-refractivity contribution in [1.82, 2.24) is 0 Å². The van der Waals surface area contributed by atoms with Gasteiger partial charge in [-0.3, -0.25) is 4.79 Å². The number of hydrogen-bond donors (Lipinski definition) is 1. The molecule has 2 rings (SSSR count). The van der Waals surface area contributed by atoms with Crippen LogP contribution < -0.4 is 10.5 Å². The van der Waals surface area contributed by atoms with Gasteiger partial charge in [0.2, 0.25) is 0 Å². The summed E-state index contributed by atoms with van der Waals surface area (Å²) >= 11 is 1.72. The van der Waals surface area contributed by atoms with Crippen molar-refractivity contribution in [2.75, 3.05) is 12.4 Å². The third kappa shape index (κ3) is 4.03. The second-order valence-corrected chi connectivity index (χ2v) is 5.54. The molecule has 3 nitrogen and oxygen atoms in total. The van der Waals surface area contributed by atoms with Gasteiger partial charge in [0.05, 0.1) is 12.2 Å². The number of nitrogens with two attached hydrogens (primary N) is 1. The van der Waals surface area contributed by atoms with Crippen LogP contribution in [0.3, 0.4) is 0 Å². The van der Waals surface area contributed by atoms with Crippen LogP contribution in [0.2, 0.25) is 0 Å². The van der Waals surface area contributed by atoms with E-state index in [9.17, 15) is 4.79 Å². The van der Waals surface area contributed by atoms with Crippen molar-refractivity contribution in [2.24, 2.45) is 5.73 Å². The van der Waals surface area contributed by atoms with Gasteiger partial charge in [-0.1, -0.05) is 29.8 Å². The number of primary amides is 1. The smallest absolute Gasteiger partial charge is 0.252 e. The summed E-state index contributed by atoms with van der Waals surface area (Å²) in [6.07, 6.45) is 0. The highest BCUT2D eigenvalue weighted by molar-refractivity contribution is 7.99. The number of aryl methyl sites for hydroxylation is 1. The van der Waals surface area contributed by atoms with Crippen molar-refractivity contribution in [2.45, 2.75) is 11.8 Å². The van der Waals surface area contributed by atoms with Gasteiger partial charge in [-0.05, 0) is 31.2 Å². The third-order valence-corrected chi connectivity index (χ3v) is 3.76. The molecule has 0 saturated carbocycles. The molecule has 2 aromatic carbocycles.